The Morgan fingerprint density at radius 1 is 0.259 bits per heavy atom. The molecule has 0 saturated heterocycles. The Morgan fingerprint density at radius 3 is 0.778 bits per heavy atom. The maximum atomic E-state index is 12.9. The molecular weight excluding hydrogens is 997 g/mol. The van der Waals surface area contributed by atoms with E-state index < -0.39 is 6.10 Å². The van der Waals surface area contributed by atoms with Gasteiger partial charge in [-0.1, -0.05) is 317 Å². The van der Waals surface area contributed by atoms with Crippen molar-refractivity contribution >= 4 is 17.9 Å². The minimum absolute atomic E-state index is 0.0775. The summed E-state index contributed by atoms with van der Waals surface area (Å²) in [6.07, 6.45) is 92.9. The van der Waals surface area contributed by atoms with Crippen molar-refractivity contribution in [3.8, 4) is 0 Å². The highest BCUT2D eigenvalue weighted by molar-refractivity contribution is 5.71. The first-order valence-corrected chi connectivity index (χ1v) is 34.7. The molecule has 0 bridgehead atoms. The Bertz CT molecular complexity index is 1580. The van der Waals surface area contributed by atoms with Gasteiger partial charge < -0.3 is 14.2 Å². The molecule has 0 aliphatic carbocycles. The number of unbranched alkanes of at least 4 members (excludes halogenated alkanes) is 36. The number of carbonyl (C=O) groups is 3. The van der Waals surface area contributed by atoms with Gasteiger partial charge in [-0.25, -0.2) is 0 Å². The first kappa shape index (κ1) is 77.3. The Labute approximate surface area is 502 Å². The van der Waals surface area contributed by atoms with Crippen LogP contribution in [0.15, 0.2) is 97.2 Å². The number of hydrogen-bond acceptors (Lipinski definition) is 6. The van der Waals surface area contributed by atoms with Gasteiger partial charge in [0.05, 0.1) is 0 Å². The molecule has 0 spiro atoms. The summed E-state index contributed by atoms with van der Waals surface area (Å²) in [6, 6.07) is 0. The van der Waals surface area contributed by atoms with E-state index >= 15 is 0 Å². The van der Waals surface area contributed by atoms with E-state index in [0.29, 0.717) is 19.3 Å². The second-order valence-corrected chi connectivity index (χ2v) is 23.1. The van der Waals surface area contributed by atoms with Crippen molar-refractivity contribution in [3.05, 3.63) is 97.2 Å². The maximum Gasteiger partial charge on any atom is 0.306 e. The minimum Gasteiger partial charge on any atom is -0.462 e. The van der Waals surface area contributed by atoms with E-state index in [1.165, 1.54) is 193 Å². The fourth-order valence-corrected chi connectivity index (χ4v) is 9.89. The van der Waals surface area contributed by atoms with Gasteiger partial charge in [-0.2, -0.15) is 0 Å². The quantitative estimate of drug-likeness (QED) is 0.0261. The van der Waals surface area contributed by atoms with Gasteiger partial charge in [0.25, 0.3) is 0 Å². The molecule has 6 heteroatoms. The standard InChI is InChI=1S/C75H130O6/c1-4-7-10-13-16-19-22-25-27-29-30-31-32-33-34-35-36-37-38-39-40-41-42-43-44-46-47-50-53-56-59-62-65-68-74(77)80-71-72(70-79-73(76)67-64-61-58-55-52-49-24-21-18-15-12-9-6-3)81-75(78)69-66-63-60-57-54-51-48-45-28-26-23-20-17-14-11-8-5-2/h7,10,16,19,21,24-25,27,30-31,33-34,36-37,39-40,72H,4-6,8-9,11-15,17-18,20,22-23,26,28-29,32,35,38,41-71H2,1-3H3/b10-7-,19-16-,24-21-,27-25-,31-30-,34-33-,37-36-,40-39-. The molecule has 1 unspecified atom stereocenters. The lowest BCUT2D eigenvalue weighted by atomic mass is 10.0. The Kier molecular flexibility index (Phi) is 65.7. The predicted molar refractivity (Wildman–Crippen MR) is 353 cm³/mol. The van der Waals surface area contributed by atoms with E-state index in [1.807, 2.05) is 0 Å². The zero-order valence-corrected chi connectivity index (χ0v) is 53.5. The second-order valence-electron chi connectivity index (χ2n) is 23.1. The SMILES string of the molecule is CC/C=C\C/C=C\C/C=C\C/C=C\C/C=C\C/C=C\C/C=C\CCCCCCCCCCCCCC(=O)OCC(COC(=O)CCCCCCC/C=C\CCCCCC)OC(=O)CCCCCCCCCCCCCCCCCCC. The van der Waals surface area contributed by atoms with E-state index in [2.05, 4.69) is 118 Å². The monoisotopic (exact) mass is 1130 g/mol. The average Bonchev–Trinajstić information content (AvgIpc) is 3.46. The summed E-state index contributed by atoms with van der Waals surface area (Å²) in [7, 11) is 0. The molecule has 466 valence electrons. The van der Waals surface area contributed by atoms with Gasteiger partial charge in [0.1, 0.15) is 13.2 Å². The van der Waals surface area contributed by atoms with Crippen molar-refractivity contribution in [1.29, 1.82) is 0 Å². The summed E-state index contributed by atoms with van der Waals surface area (Å²) in [5, 5.41) is 0. The molecule has 0 amide bonds. The van der Waals surface area contributed by atoms with Crippen molar-refractivity contribution in [2.75, 3.05) is 13.2 Å². The van der Waals surface area contributed by atoms with Crippen molar-refractivity contribution in [1.82, 2.24) is 0 Å². The third-order valence-corrected chi connectivity index (χ3v) is 15.1. The van der Waals surface area contributed by atoms with Crippen LogP contribution < -0.4 is 0 Å². The molecule has 81 heavy (non-hydrogen) atoms. The molecule has 0 radical (unpaired) electrons. The highest BCUT2D eigenvalue weighted by Gasteiger charge is 2.19. The third kappa shape index (κ3) is 67.0. The second kappa shape index (κ2) is 68.8. The van der Waals surface area contributed by atoms with Crippen LogP contribution in [-0.2, 0) is 28.6 Å². The van der Waals surface area contributed by atoms with Crippen LogP contribution in [0.4, 0.5) is 0 Å². The Morgan fingerprint density at radius 2 is 0.481 bits per heavy atom. The number of allylic oxidation sites excluding steroid dienone is 16. The lowest BCUT2D eigenvalue weighted by molar-refractivity contribution is -0.167. The van der Waals surface area contributed by atoms with Crippen LogP contribution in [0.3, 0.4) is 0 Å². The van der Waals surface area contributed by atoms with E-state index in [0.717, 1.165) is 109 Å². The number of hydrogen-bond donors (Lipinski definition) is 0. The van der Waals surface area contributed by atoms with Gasteiger partial charge >= 0.3 is 17.9 Å². The van der Waals surface area contributed by atoms with Gasteiger partial charge in [0.15, 0.2) is 6.10 Å². The third-order valence-electron chi connectivity index (χ3n) is 15.1. The molecule has 0 aliphatic rings. The summed E-state index contributed by atoms with van der Waals surface area (Å²) in [4.78, 5) is 38.4. The van der Waals surface area contributed by atoms with Crippen molar-refractivity contribution < 1.29 is 28.6 Å². The van der Waals surface area contributed by atoms with Crippen LogP contribution in [-0.4, -0.2) is 37.2 Å². The first-order valence-electron chi connectivity index (χ1n) is 34.7. The predicted octanol–water partition coefficient (Wildman–Crippen LogP) is 24.0. The number of carbonyl (C=O) groups excluding carboxylic acids is 3. The van der Waals surface area contributed by atoms with E-state index in [4.69, 9.17) is 14.2 Å². The van der Waals surface area contributed by atoms with Crippen molar-refractivity contribution in [3.63, 3.8) is 0 Å². The molecule has 0 aromatic heterocycles. The molecule has 0 aromatic carbocycles. The van der Waals surface area contributed by atoms with Crippen molar-refractivity contribution in [2.24, 2.45) is 0 Å². The van der Waals surface area contributed by atoms with E-state index in [-0.39, 0.29) is 31.1 Å². The minimum atomic E-state index is -0.780. The molecule has 6 nitrogen and oxygen atoms in total. The largest absolute Gasteiger partial charge is 0.462 e. The van der Waals surface area contributed by atoms with Crippen molar-refractivity contribution in [2.45, 2.75) is 348 Å². The zero-order chi connectivity index (χ0) is 58.5. The number of esters is 3. The lowest BCUT2D eigenvalue weighted by Gasteiger charge is -2.18. The smallest absolute Gasteiger partial charge is 0.306 e. The van der Waals surface area contributed by atoms with Gasteiger partial charge in [0.2, 0.25) is 0 Å². The first-order chi connectivity index (χ1) is 40.0. The van der Waals surface area contributed by atoms with Crippen LogP contribution in [0.2, 0.25) is 0 Å². The number of rotatable bonds is 63. The van der Waals surface area contributed by atoms with Crippen LogP contribution in [0, 0.1) is 0 Å². The molecule has 0 rings (SSSR count). The van der Waals surface area contributed by atoms with E-state index in [1.54, 1.807) is 0 Å². The highest BCUT2D eigenvalue weighted by Crippen LogP contribution is 2.17. The molecule has 0 heterocycles. The highest BCUT2D eigenvalue weighted by atomic mass is 16.6. The normalized spacial score (nSPS) is 12.7. The van der Waals surface area contributed by atoms with E-state index in [9.17, 15) is 14.4 Å². The van der Waals surface area contributed by atoms with Gasteiger partial charge in [-0.05, 0) is 103 Å². The zero-order valence-electron chi connectivity index (χ0n) is 53.5. The van der Waals surface area contributed by atoms with Crippen LogP contribution >= 0.6 is 0 Å². The fraction of sp³-hybridized carbons (Fsp3) is 0.747. The van der Waals surface area contributed by atoms with Crippen LogP contribution in [0.1, 0.15) is 342 Å². The maximum absolute atomic E-state index is 12.9. The van der Waals surface area contributed by atoms with Gasteiger partial charge in [0, 0.05) is 19.3 Å². The summed E-state index contributed by atoms with van der Waals surface area (Å²) in [5.74, 6) is -0.872. The molecule has 1 atom stereocenters. The Balaban J connectivity index is 4.22. The average molecular weight is 1130 g/mol. The topological polar surface area (TPSA) is 78.9 Å². The summed E-state index contributed by atoms with van der Waals surface area (Å²) >= 11 is 0. The number of ether oxygens (including phenoxy) is 3. The molecular formula is C75H130O6. The molecule has 0 N–H and O–H groups in total. The Hall–Kier alpha value is -3.67. The lowest BCUT2D eigenvalue weighted by Crippen LogP contribution is -2.30. The molecule has 0 fully saturated rings. The van der Waals surface area contributed by atoms with Gasteiger partial charge in [-0.3, -0.25) is 14.4 Å². The van der Waals surface area contributed by atoms with Gasteiger partial charge in [-0.15, -0.1) is 0 Å². The van der Waals surface area contributed by atoms with Crippen LogP contribution in [0.25, 0.3) is 0 Å². The molecule has 0 saturated carbocycles. The summed E-state index contributed by atoms with van der Waals surface area (Å²) in [5.41, 5.74) is 0. The molecule has 0 aliphatic heterocycles. The molecule has 0 aromatic rings. The van der Waals surface area contributed by atoms with Crippen LogP contribution in [0.5, 0.6) is 0 Å². The summed E-state index contributed by atoms with van der Waals surface area (Å²) in [6.45, 7) is 6.54. The summed E-state index contributed by atoms with van der Waals surface area (Å²) < 4.78 is 17.0. The fourth-order valence-electron chi connectivity index (χ4n) is 9.89.